The van der Waals surface area contributed by atoms with E-state index in [9.17, 15) is 9.18 Å². The number of aromatic nitrogens is 2. The number of carbonyl (C=O) groups is 1. The highest BCUT2D eigenvalue weighted by Crippen LogP contribution is 2.27. The molecule has 8 heteroatoms. The lowest BCUT2D eigenvalue weighted by Crippen LogP contribution is -2.48. The van der Waals surface area contributed by atoms with Gasteiger partial charge >= 0.3 is 0 Å². The SMILES string of the molecule is [2H]C1([2H])CC(F)(C([2H])([2H])NCc2ncc(C)cn2)C([2H])([2H])CN1C(=O)c1ccc(F)c(Cl)c1. The Bertz CT molecular complexity index is 1060. The fourth-order valence-corrected chi connectivity index (χ4v) is 2.50. The topological polar surface area (TPSA) is 58.1 Å². The molecule has 0 saturated carbocycles. The Kier molecular flexibility index (Phi) is 4.02. The van der Waals surface area contributed by atoms with E-state index in [0.29, 0.717) is 4.90 Å². The van der Waals surface area contributed by atoms with Gasteiger partial charge in [-0.05, 0) is 30.7 Å². The molecule has 0 aliphatic carbocycles. The second-order valence-electron chi connectivity index (χ2n) is 5.99. The van der Waals surface area contributed by atoms with E-state index in [4.69, 9.17) is 19.8 Å². The number of likely N-dealkylation sites (tertiary alicyclic amines) is 1. The number of rotatable bonds is 5. The van der Waals surface area contributed by atoms with E-state index in [1.807, 2.05) is 0 Å². The summed E-state index contributed by atoms with van der Waals surface area (Å²) in [4.78, 5) is 21.3. The average molecular weight is 401 g/mol. The summed E-state index contributed by atoms with van der Waals surface area (Å²) < 4.78 is 78.7. The molecule has 1 N–H and O–H groups in total. The molecule has 5 nitrogen and oxygen atoms in total. The highest BCUT2D eigenvalue weighted by atomic mass is 35.5. The minimum absolute atomic E-state index is 0.137. The van der Waals surface area contributed by atoms with Crippen LogP contribution in [0.15, 0.2) is 30.6 Å². The van der Waals surface area contributed by atoms with E-state index < -0.39 is 49.7 Å². The molecular weight excluding hydrogens is 374 g/mol. The standard InChI is InChI=1S/C19H21ClF2N4O/c1-13-9-24-17(25-10-13)11-23-12-19(22)4-6-26(7-5-19)18(27)14-2-3-16(21)15(20)8-14/h2-3,8-10,23H,4-7,11-12H2,1H3/i4D2,7D2,12D2. The molecule has 1 fully saturated rings. The third kappa shape index (κ3) is 4.99. The number of piperidine rings is 1. The monoisotopic (exact) mass is 400 g/mol. The Hall–Kier alpha value is -2.12. The van der Waals surface area contributed by atoms with Gasteiger partial charge in [-0.3, -0.25) is 4.79 Å². The average Bonchev–Trinajstić information content (AvgIpc) is 2.71. The third-order valence-electron chi connectivity index (χ3n) is 3.81. The third-order valence-corrected chi connectivity index (χ3v) is 4.10. The van der Waals surface area contributed by atoms with Crippen LogP contribution in [-0.2, 0) is 6.54 Å². The number of hydrogen-bond acceptors (Lipinski definition) is 4. The Labute approximate surface area is 170 Å². The van der Waals surface area contributed by atoms with Gasteiger partial charge in [0.1, 0.15) is 17.3 Å². The van der Waals surface area contributed by atoms with Gasteiger partial charge < -0.3 is 10.2 Å². The summed E-state index contributed by atoms with van der Waals surface area (Å²) in [6, 6.07) is 2.92. The van der Waals surface area contributed by atoms with Crippen molar-refractivity contribution in [3.05, 3.63) is 58.4 Å². The number of alkyl halides is 1. The van der Waals surface area contributed by atoms with Gasteiger partial charge in [-0.25, -0.2) is 18.7 Å². The van der Waals surface area contributed by atoms with Crippen molar-refractivity contribution in [3.8, 4) is 0 Å². The van der Waals surface area contributed by atoms with E-state index in [0.717, 1.165) is 23.8 Å². The summed E-state index contributed by atoms with van der Waals surface area (Å²) >= 11 is 5.68. The molecule has 1 aromatic carbocycles. The predicted octanol–water partition coefficient (Wildman–Crippen LogP) is 3.31. The molecule has 144 valence electrons. The number of nitrogens with zero attached hydrogens (tertiary/aromatic N) is 3. The molecule has 1 aliphatic rings. The highest BCUT2D eigenvalue weighted by molar-refractivity contribution is 6.31. The highest BCUT2D eigenvalue weighted by Gasteiger charge is 2.36. The van der Waals surface area contributed by atoms with Crippen LogP contribution in [0.5, 0.6) is 0 Å². The van der Waals surface area contributed by atoms with E-state index in [1.165, 1.54) is 12.4 Å². The predicted molar refractivity (Wildman–Crippen MR) is 98.9 cm³/mol. The molecule has 1 saturated heterocycles. The van der Waals surface area contributed by atoms with Crippen molar-refractivity contribution in [2.24, 2.45) is 0 Å². The van der Waals surface area contributed by atoms with Crippen LogP contribution in [0, 0.1) is 12.7 Å². The number of hydrogen-bond donors (Lipinski definition) is 1. The van der Waals surface area contributed by atoms with E-state index >= 15 is 4.39 Å². The maximum atomic E-state index is 16.0. The first-order chi connectivity index (χ1) is 15.1. The van der Waals surface area contributed by atoms with Crippen molar-refractivity contribution >= 4 is 17.5 Å². The molecule has 1 atom stereocenters. The molecule has 3 rings (SSSR count). The number of benzene rings is 1. The van der Waals surface area contributed by atoms with Gasteiger partial charge in [0, 0.05) is 58.5 Å². The molecule has 2 aromatic rings. The molecule has 0 bridgehead atoms. The van der Waals surface area contributed by atoms with Crippen molar-refractivity contribution in [2.75, 3.05) is 19.5 Å². The zero-order valence-corrected chi connectivity index (χ0v) is 15.1. The van der Waals surface area contributed by atoms with Crippen molar-refractivity contribution in [1.29, 1.82) is 0 Å². The van der Waals surface area contributed by atoms with Crippen molar-refractivity contribution in [3.63, 3.8) is 0 Å². The van der Waals surface area contributed by atoms with Crippen LogP contribution in [0.25, 0.3) is 0 Å². The lowest BCUT2D eigenvalue weighted by atomic mass is 9.92. The Morgan fingerprint density at radius 1 is 1.48 bits per heavy atom. The molecular formula is C19H21ClF2N4O. The smallest absolute Gasteiger partial charge is 0.253 e. The first kappa shape index (κ1) is 13.1. The summed E-state index contributed by atoms with van der Waals surface area (Å²) in [5, 5.41) is 1.86. The van der Waals surface area contributed by atoms with Gasteiger partial charge in [0.05, 0.1) is 11.6 Å². The van der Waals surface area contributed by atoms with Crippen LogP contribution in [0.4, 0.5) is 8.78 Å². The van der Waals surface area contributed by atoms with Gasteiger partial charge in [-0.15, -0.1) is 0 Å². The van der Waals surface area contributed by atoms with Crippen molar-refractivity contribution in [2.45, 2.75) is 31.9 Å². The first-order valence-corrected chi connectivity index (χ1v) is 8.46. The van der Waals surface area contributed by atoms with Crippen LogP contribution in [0.3, 0.4) is 0 Å². The summed E-state index contributed by atoms with van der Waals surface area (Å²) in [6.07, 6.45) is -1.34. The minimum Gasteiger partial charge on any atom is -0.338 e. The maximum absolute atomic E-state index is 16.0. The minimum atomic E-state index is -3.37. The normalized spacial score (nSPS) is 27.5. The van der Waals surface area contributed by atoms with Crippen LogP contribution in [-0.4, -0.2) is 46.0 Å². The van der Waals surface area contributed by atoms with Gasteiger partial charge in [0.2, 0.25) is 0 Å². The van der Waals surface area contributed by atoms with Crippen LogP contribution >= 0.6 is 11.6 Å². The van der Waals surface area contributed by atoms with Gasteiger partial charge in [-0.2, -0.15) is 0 Å². The molecule has 2 heterocycles. The van der Waals surface area contributed by atoms with Crippen molar-refractivity contribution in [1.82, 2.24) is 20.2 Å². The maximum Gasteiger partial charge on any atom is 0.253 e. The first-order valence-electron chi connectivity index (χ1n) is 11.1. The largest absolute Gasteiger partial charge is 0.338 e. The molecule has 27 heavy (non-hydrogen) atoms. The van der Waals surface area contributed by atoms with Gasteiger partial charge in [0.15, 0.2) is 0 Å². The Morgan fingerprint density at radius 2 is 2.22 bits per heavy atom. The number of halogens is 3. The molecule has 0 radical (unpaired) electrons. The van der Waals surface area contributed by atoms with Crippen LogP contribution in [0.2, 0.25) is 5.02 Å². The molecule has 1 amide bonds. The second-order valence-corrected chi connectivity index (χ2v) is 6.40. The quantitative estimate of drug-likeness (QED) is 0.836. The number of amides is 1. The lowest BCUT2D eigenvalue weighted by molar-refractivity contribution is 0.0434. The molecule has 0 spiro atoms. The molecule has 1 aromatic heterocycles. The van der Waals surface area contributed by atoms with Gasteiger partial charge in [-0.1, -0.05) is 11.6 Å². The lowest BCUT2D eigenvalue weighted by Gasteiger charge is -2.36. The Balaban J connectivity index is 1.87. The fraction of sp³-hybridized carbons (Fsp3) is 0.421. The van der Waals surface area contributed by atoms with Gasteiger partial charge in [0.25, 0.3) is 5.91 Å². The van der Waals surface area contributed by atoms with Crippen molar-refractivity contribution < 1.29 is 21.8 Å². The van der Waals surface area contributed by atoms with E-state index in [2.05, 4.69) is 15.3 Å². The Morgan fingerprint density at radius 3 is 2.93 bits per heavy atom. The number of aryl methyl sites for hydroxylation is 1. The van der Waals surface area contributed by atoms with Crippen LogP contribution in [0.1, 0.15) is 42.8 Å². The summed E-state index contributed by atoms with van der Waals surface area (Å²) in [6.45, 7) is -5.50. The zero-order chi connectivity index (χ0) is 24.8. The van der Waals surface area contributed by atoms with E-state index in [1.54, 1.807) is 6.92 Å². The summed E-state index contributed by atoms with van der Waals surface area (Å²) in [5.74, 6) is -1.70. The number of carbonyl (C=O) groups excluding carboxylic acids is 1. The molecule has 1 unspecified atom stereocenters. The van der Waals surface area contributed by atoms with Crippen LogP contribution < -0.4 is 5.32 Å². The summed E-state index contributed by atoms with van der Waals surface area (Å²) in [7, 11) is 0. The fourth-order valence-electron chi connectivity index (χ4n) is 2.32. The number of nitrogens with one attached hydrogen (secondary N) is 1. The zero-order valence-electron chi connectivity index (χ0n) is 20.4. The second kappa shape index (κ2) is 8.27. The summed E-state index contributed by atoms with van der Waals surface area (Å²) in [5.41, 5.74) is -2.83. The van der Waals surface area contributed by atoms with E-state index in [-0.39, 0.29) is 23.0 Å². The molecule has 1 aliphatic heterocycles.